The van der Waals surface area contributed by atoms with E-state index in [1.54, 1.807) is 11.0 Å². The third-order valence-corrected chi connectivity index (χ3v) is 5.33. The maximum Gasteiger partial charge on any atom is 0.227 e. The molecular weight excluding hydrogens is 319 g/mol. The molecule has 1 aromatic carbocycles. The summed E-state index contributed by atoms with van der Waals surface area (Å²) in [6.45, 7) is 2.76. The van der Waals surface area contributed by atoms with Gasteiger partial charge in [0.15, 0.2) is 0 Å². The molecular formula is C20H27FN2O2. The molecule has 0 spiro atoms. The zero-order chi connectivity index (χ0) is 17.6. The third kappa shape index (κ3) is 4.80. The predicted molar refractivity (Wildman–Crippen MR) is 94.5 cm³/mol. The van der Waals surface area contributed by atoms with Crippen LogP contribution in [-0.2, 0) is 16.0 Å². The van der Waals surface area contributed by atoms with Crippen LogP contribution in [0.4, 0.5) is 4.39 Å². The van der Waals surface area contributed by atoms with Crippen molar-refractivity contribution in [2.24, 2.45) is 5.92 Å². The lowest BCUT2D eigenvalue weighted by Crippen LogP contribution is -2.47. The van der Waals surface area contributed by atoms with Crippen molar-refractivity contribution in [2.45, 2.75) is 44.9 Å². The second-order valence-electron chi connectivity index (χ2n) is 7.19. The van der Waals surface area contributed by atoms with E-state index in [1.165, 1.54) is 25.0 Å². The third-order valence-electron chi connectivity index (χ3n) is 5.33. The van der Waals surface area contributed by atoms with Gasteiger partial charge in [-0.3, -0.25) is 9.59 Å². The number of hydrogen-bond acceptors (Lipinski definition) is 2. The molecule has 5 heteroatoms. The minimum Gasteiger partial charge on any atom is -0.342 e. The van der Waals surface area contributed by atoms with Crippen LogP contribution in [0.15, 0.2) is 24.3 Å². The smallest absolute Gasteiger partial charge is 0.227 e. The van der Waals surface area contributed by atoms with Crippen LogP contribution >= 0.6 is 0 Å². The van der Waals surface area contributed by atoms with Crippen LogP contribution in [0, 0.1) is 11.7 Å². The number of likely N-dealkylation sites (tertiary alicyclic amines) is 2. The number of rotatable bonds is 4. The number of nitrogens with zero attached hydrogens (tertiary/aromatic N) is 2. The van der Waals surface area contributed by atoms with Gasteiger partial charge in [-0.25, -0.2) is 4.39 Å². The van der Waals surface area contributed by atoms with Gasteiger partial charge in [0, 0.05) is 32.6 Å². The molecule has 0 aliphatic carbocycles. The Morgan fingerprint density at radius 3 is 2.64 bits per heavy atom. The molecule has 136 valence electrons. The van der Waals surface area contributed by atoms with Gasteiger partial charge in [-0.05, 0) is 43.4 Å². The summed E-state index contributed by atoms with van der Waals surface area (Å²) < 4.78 is 13.3. The lowest BCUT2D eigenvalue weighted by Gasteiger charge is -2.34. The van der Waals surface area contributed by atoms with Gasteiger partial charge in [-0.1, -0.05) is 25.0 Å². The number of carbonyl (C=O) groups is 2. The van der Waals surface area contributed by atoms with Crippen molar-refractivity contribution in [3.05, 3.63) is 35.6 Å². The average Bonchev–Trinajstić information content (AvgIpc) is 2.90. The molecule has 3 rings (SSSR count). The van der Waals surface area contributed by atoms with E-state index in [4.69, 9.17) is 0 Å². The van der Waals surface area contributed by atoms with Gasteiger partial charge >= 0.3 is 0 Å². The Labute approximate surface area is 149 Å². The molecule has 1 aromatic rings. The molecule has 25 heavy (non-hydrogen) atoms. The zero-order valence-electron chi connectivity index (χ0n) is 14.8. The van der Waals surface area contributed by atoms with Crippen molar-refractivity contribution in [3.8, 4) is 0 Å². The number of halogens is 1. The maximum atomic E-state index is 13.3. The molecule has 0 unspecified atom stereocenters. The Morgan fingerprint density at radius 1 is 1.16 bits per heavy atom. The van der Waals surface area contributed by atoms with Gasteiger partial charge in [0.25, 0.3) is 0 Å². The van der Waals surface area contributed by atoms with Crippen LogP contribution < -0.4 is 0 Å². The minimum atomic E-state index is -0.253. The van der Waals surface area contributed by atoms with Crippen LogP contribution in [-0.4, -0.2) is 47.8 Å². The van der Waals surface area contributed by atoms with Crippen molar-refractivity contribution >= 4 is 11.8 Å². The molecule has 2 aliphatic rings. The van der Waals surface area contributed by atoms with Crippen molar-refractivity contribution in [2.75, 3.05) is 26.2 Å². The Bertz CT molecular complexity index is 611. The monoisotopic (exact) mass is 346 g/mol. The summed E-state index contributed by atoms with van der Waals surface area (Å²) in [6.07, 6.45) is 6.28. The predicted octanol–water partition coefficient (Wildman–Crippen LogP) is 3.01. The van der Waals surface area contributed by atoms with Gasteiger partial charge in [-0.2, -0.15) is 0 Å². The fourth-order valence-corrected chi connectivity index (χ4v) is 3.84. The number of carbonyl (C=O) groups excluding carboxylic acids is 2. The van der Waals surface area contributed by atoms with E-state index in [9.17, 15) is 14.0 Å². The second kappa shape index (κ2) is 8.45. The number of benzene rings is 1. The highest BCUT2D eigenvalue weighted by atomic mass is 19.1. The molecule has 4 nitrogen and oxygen atoms in total. The van der Waals surface area contributed by atoms with E-state index in [-0.39, 0.29) is 23.5 Å². The van der Waals surface area contributed by atoms with Gasteiger partial charge in [0.2, 0.25) is 11.8 Å². The number of piperidine rings is 1. The zero-order valence-corrected chi connectivity index (χ0v) is 14.8. The Morgan fingerprint density at radius 2 is 1.92 bits per heavy atom. The minimum absolute atomic E-state index is 0.0803. The molecule has 0 radical (unpaired) electrons. The summed E-state index contributed by atoms with van der Waals surface area (Å²) in [6, 6.07) is 6.49. The fraction of sp³-hybridized carbons (Fsp3) is 0.600. The Balaban J connectivity index is 1.57. The first-order valence-electron chi connectivity index (χ1n) is 9.44. The summed E-state index contributed by atoms with van der Waals surface area (Å²) in [5.41, 5.74) is 0.883. The standard InChI is InChI=1S/C20H27FN2O2/c21-18-7-5-6-16(14-18)10-13-23-15-17(8-9-19(23)24)20(25)22-11-3-1-2-4-12-22/h5-7,14,17H,1-4,8-13,15H2/t17-/m0/s1. The molecule has 1 atom stereocenters. The van der Waals surface area contributed by atoms with E-state index in [2.05, 4.69) is 0 Å². The van der Waals surface area contributed by atoms with Crippen LogP contribution in [0.1, 0.15) is 44.1 Å². The van der Waals surface area contributed by atoms with Gasteiger partial charge in [0.1, 0.15) is 5.82 Å². The molecule has 2 heterocycles. The van der Waals surface area contributed by atoms with E-state index in [0.29, 0.717) is 32.4 Å². The Kier molecular flexibility index (Phi) is 6.05. The molecule has 0 bridgehead atoms. The maximum absolute atomic E-state index is 13.3. The van der Waals surface area contributed by atoms with Crippen molar-refractivity contribution in [3.63, 3.8) is 0 Å². The summed E-state index contributed by atoms with van der Waals surface area (Å²) in [5, 5.41) is 0. The summed E-state index contributed by atoms with van der Waals surface area (Å²) >= 11 is 0. The van der Waals surface area contributed by atoms with Crippen LogP contribution in [0.25, 0.3) is 0 Å². The first-order valence-corrected chi connectivity index (χ1v) is 9.44. The van der Waals surface area contributed by atoms with Crippen LogP contribution in [0.3, 0.4) is 0 Å². The number of hydrogen-bond donors (Lipinski definition) is 0. The first kappa shape index (κ1) is 17.9. The van der Waals surface area contributed by atoms with Crippen molar-refractivity contribution in [1.29, 1.82) is 0 Å². The van der Waals surface area contributed by atoms with E-state index in [0.717, 1.165) is 31.5 Å². The van der Waals surface area contributed by atoms with Crippen molar-refractivity contribution < 1.29 is 14.0 Å². The molecule has 2 aliphatic heterocycles. The van der Waals surface area contributed by atoms with E-state index in [1.807, 2.05) is 11.0 Å². The molecule has 2 amide bonds. The highest BCUT2D eigenvalue weighted by molar-refractivity contribution is 5.84. The van der Waals surface area contributed by atoms with Gasteiger partial charge < -0.3 is 9.80 Å². The SMILES string of the molecule is O=C1CC[C@H](C(=O)N2CCCCCC2)CN1CCc1cccc(F)c1. The number of amides is 2. The lowest BCUT2D eigenvalue weighted by atomic mass is 9.95. The van der Waals surface area contributed by atoms with Gasteiger partial charge in [-0.15, -0.1) is 0 Å². The second-order valence-corrected chi connectivity index (χ2v) is 7.19. The lowest BCUT2D eigenvalue weighted by molar-refractivity contribution is -0.143. The average molecular weight is 346 g/mol. The molecule has 0 N–H and O–H groups in total. The summed E-state index contributed by atoms with van der Waals surface area (Å²) in [5.74, 6) is -0.0125. The van der Waals surface area contributed by atoms with E-state index >= 15 is 0 Å². The molecule has 0 aromatic heterocycles. The molecule has 0 saturated carbocycles. The summed E-state index contributed by atoms with van der Waals surface area (Å²) in [4.78, 5) is 28.8. The topological polar surface area (TPSA) is 40.6 Å². The quantitative estimate of drug-likeness (QED) is 0.841. The van der Waals surface area contributed by atoms with Crippen molar-refractivity contribution in [1.82, 2.24) is 9.80 Å². The van der Waals surface area contributed by atoms with Gasteiger partial charge in [0.05, 0.1) is 5.92 Å². The molecule has 2 fully saturated rings. The highest BCUT2D eigenvalue weighted by Crippen LogP contribution is 2.22. The summed E-state index contributed by atoms with van der Waals surface area (Å²) in [7, 11) is 0. The largest absolute Gasteiger partial charge is 0.342 e. The highest BCUT2D eigenvalue weighted by Gasteiger charge is 2.32. The first-order chi connectivity index (χ1) is 12.1. The van der Waals surface area contributed by atoms with Crippen LogP contribution in [0.5, 0.6) is 0 Å². The Hall–Kier alpha value is -1.91. The fourth-order valence-electron chi connectivity index (χ4n) is 3.84. The van der Waals surface area contributed by atoms with E-state index < -0.39 is 0 Å². The normalized spacial score (nSPS) is 22.0. The molecule has 2 saturated heterocycles. The van der Waals surface area contributed by atoms with Crippen LogP contribution in [0.2, 0.25) is 0 Å².